The molecule has 3 aromatic rings. The number of nitrogens with one attached hydrogen (secondary N) is 1. The molecule has 0 atom stereocenters. The van der Waals surface area contributed by atoms with Crippen LogP contribution in [0.3, 0.4) is 0 Å². The summed E-state index contributed by atoms with van der Waals surface area (Å²) in [6.07, 6.45) is 1.55. The van der Waals surface area contributed by atoms with E-state index in [1.54, 1.807) is 18.2 Å². The molecule has 0 bridgehead atoms. The molecule has 134 valence electrons. The van der Waals surface area contributed by atoms with Gasteiger partial charge in [-0.3, -0.25) is 4.79 Å². The predicted octanol–water partition coefficient (Wildman–Crippen LogP) is 2.68. The molecule has 1 heterocycles. The molecular formula is C18H18N4O3S. The van der Waals surface area contributed by atoms with Crippen LogP contribution in [0.25, 0.3) is 10.2 Å². The number of hydrazone groups is 1. The smallest absolute Gasteiger partial charge is 0.244 e. The van der Waals surface area contributed by atoms with E-state index in [1.165, 1.54) is 17.6 Å². The van der Waals surface area contributed by atoms with Crippen molar-refractivity contribution in [2.24, 2.45) is 5.10 Å². The van der Waals surface area contributed by atoms with Gasteiger partial charge in [0, 0.05) is 5.56 Å². The average Bonchev–Trinajstić information content (AvgIpc) is 2.97. The third-order valence-corrected chi connectivity index (χ3v) is 4.40. The second kappa shape index (κ2) is 7.83. The number of para-hydroxylation sites is 1. The highest BCUT2D eigenvalue weighted by molar-refractivity contribution is 7.22. The maximum atomic E-state index is 12.0. The number of nitrogens with zero attached hydrogens (tertiary/aromatic N) is 2. The number of rotatable bonds is 6. The molecule has 0 saturated carbocycles. The second-order valence-corrected chi connectivity index (χ2v) is 6.51. The van der Waals surface area contributed by atoms with Crippen LogP contribution in [0, 0.1) is 0 Å². The number of thiazole rings is 1. The summed E-state index contributed by atoms with van der Waals surface area (Å²) in [4.78, 5) is 16.2. The molecule has 0 aliphatic rings. The summed E-state index contributed by atoms with van der Waals surface area (Å²) in [6.45, 7) is 2.28. The largest absolute Gasteiger partial charge is 0.504 e. The number of benzene rings is 2. The van der Waals surface area contributed by atoms with Crippen LogP contribution in [-0.4, -0.2) is 28.8 Å². The average molecular weight is 370 g/mol. The van der Waals surface area contributed by atoms with Gasteiger partial charge in [0.15, 0.2) is 16.6 Å². The van der Waals surface area contributed by atoms with Gasteiger partial charge in [-0.15, -0.1) is 0 Å². The normalized spacial score (nSPS) is 11.1. The number of aromatic nitrogens is 1. The molecule has 1 aromatic heterocycles. The number of aromatic hydroxyl groups is 1. The Morgan fingerprint density at radius 3 is 3.08 bits per heavy atom. The van der Waals surface area contributed by atoms with Gasteiger partial charge in [0.2, 0.25) is 5.91 Å². The van der Waals surface area contributed by atoms with Crippen molar-refractivity contribution in [1.82, 2.24) is 10.4 Å². The molecule has 0 aliphatic carbocycles. The van der Waals surface area contributed by atoms with Gasteiger partial charge < -0.3 is 15.6 Å². The minimum absolute atomic E-state index is 0.0133. The van der Waals surface area contributed by atoms with Gasteiger partial charge in [-0.05, 0) is 36.8 Å². The maximum absolute atomic E-state index is 12.0. The highest BCUT2D eigenvalue weighted by atomic mass is 32.1. The summed E-state index contributed by atoms with van der Waals surface area (Å²) in [5, 5.41) is 14.5. The van der Waals surface area contributed by atoms with Crippen molar-refractivity contribution in [3.63, 3.8) is 0 Å². The zero-order valence-corrected chi connectivity index (χ0v) is 14.9. The number of phenols is 1. The van der Waals surface area contributed by atoms with Crippen LogP contribution in [-0.2, 0) is 11.2 Å². The Balaban J connectivity index is 1.63. The van der Waals surface area contributed by atoms with Crippen molar-refractivity contribution in [2.45, 2.75) is 13.3 Å². The summed E-state index contributed by atoms with van der Waals surface area (Å²) in [5.74, 6) is 0.0963. The molecule has 1 amide bonds. The van der Waals surface area contributed by atoms with E-state index < -0.39 is 0 Å². The third-order valence-electron chi connectivity index (χ3n) is 3.56. The van der Waals surface area contributed by atoms with Gasteiger partial charge in [0.25, 0.3) is 0 Å². The number of amides is 1. The first-order chi connectivity index (χ1) is 12.6. The SMILES string of the molecule is CCOc1cccc(/C=N\NC(=O)Cc2ccc3nc(N)sc3c2)c1O. The minimum atomic E-state index is -0.265. The Bertz CT molecular complexity index is 968. The van der Waals surface area contributed by atoms with Crippen LogP contribution in [0.15, 0.2) is 41.5 Å². The van der Waals surface area contributed by atoms with Crippen LogP contribution in [0.2, 0.25) is 0 Å². The van der Waals surface area contributed by atoms with Crippen molar-refractivity contribution in [3.8, 4) is 11.5 Å². The summed E-state index contributed by atoms with van der Waals surface area (Å²) in [6, 6.07) is 10.6. The number of ether oxygens (including phenoxy) is 1. The molecule has 8 heteroatoms. The first-order valence-corrected chi connectivity index (χ1v) is 8.80. The molecule has 0 aliphatic heterocycles. The zero-order chi connectivity index (χ0) is 18.5. The fraction of sp³-hybridized carbons (Fsp3) is 0.167. The van der Waals surface area contributed by atoms with Crippen LogP contribution >= 0.6 is 11.3 Å². The lowest BCUT2D eigenvalue weighted by Gasteiger charge is -2.07. The summed E-state index contributed by atoms with van der Waals surface area (Å²) >= 11 is 1.38. The van der Waals surface area contributed by atoms with Gasteiger partial charge in [0.05, 0.1) is 29.5 Å². The lowest BCUT2D eigenvalue weighted by molar-refractivity contribution is -0.120. The molecule has 0 unspecified atom stereocenters. The van der Waals surface area contributed by atoms with E-state index in [-0.39, 0.29) is 18.1 Å². The van der Waals surface area contributed by atoms with Crippen LogP contribution < -0.4 is 15.9 Å². The number of carbonyl (C=O) groups is 1. The quantitative estimate of drug-likeness (QED) is 0.456. The zero-order valence-electron chi connectivity index (χ0n) is 14.1. The number of nitrogens with two attached hydrogens (primary N) is 1. The highest BCUT2D eigenvalue weighted by Crippen LogP contribution is 2.28. The fourth-order valence-electron chi connectivity index (χ4n) is 2.41. The number of hydrogen-bond donors (Lipinski definition) is 3. The van der Waals surface area contributed by atoms with Crippen LogP contribution in [0.1, 0.15) is 18.1 Å². The number of hydrogen-bond acceptors (Lipinski definition) is 7. The molecule has 2 aromatic carbocycles. The molecule has 3 rings (SSSR count). The van der Waals surface area contributed by atoms with Gasteiger partial charge in [-0.25, -0.2) is 10.4 Å². The van der Waals surface area contributed by atoms with Crippen LogP contribution in [0.4, 0.5) is 5.13 Å². The lowest BCUT2D eigenvalue weighted by Crippen LogP contribution is -2.19. The summed E-state index contributed by atoms with van der Waals surface area (Å²) in [7, 11) is 0. The molecule has 0 spiro atoms. The number of fused-ring (bicyclic) bond motifs is 1. The molecule has 0 saturated heterocycles. The van der Waals surface area contributed by atoms with Gasteiger partial charge in [-0.1, -0.05) is 23.5 Å². The van der Waals surface area contributed by atoms with E-state index in [2.05, 4.69) is 15.5 Å². The molecule has 0 fully saturated rings. The maximum Gasteiger partial charge on any atom is 0.244 e. The Morgan fingerprint density at radius 1 is 1.42 bits per heavy atom. The van der Waals surface area contributed by atoms with Gasteiger partial charge in [0.1, 0.15) is 0 Å². The molecule has 0 radical (unpaired) electrons. The van der Waals surface area contributed by atoms with Gasteiger partial charge >= 0.3 is 0 Å². The molecule has 7 nitrogen and oxygen atoms in total. The van der Waals surface area contributed by atoms with Crippen LogP contribution in [0.5, 0.6) is 11.5 Å². The Hall–Kier alpha value is -3.13. The first-order valence-electron chi connectivity index (χ1n) is 7.98. The van der Waals surface area contributed by atoms with E-state index in [9.17, 15) is 9.90 Å². The molecule has 4 N–H and O–H groups in total. The minimum Gasteiger partial charge on any atom is -0.504 e. The van der Waals surface area contributed by atoms with E-state index in [4.69, 9.17) is 10.5 Å². The summed E-state index contributed by atoms with van der Waals surface area (Å²) in [5.41, 5.74) is 10.3. The fourth-order valence-corrected chi connectivity index (χ4v) is 3.21. The first kappa shape index (κ1) is 17.7. The number of anilines is 1. The Labute approximate surface area is 154 Å². The van der Waals surface area contributed by atoms with E-state index >= 15 is 0 Å². The molecular weight excluding hydrogens is 352 g/mol. The van der Waals surface area contributed by atoms with E-state index in [1.807, 2.05) is 25.1 Å². The van der Waals surface area contributed by atoms with Crippen molar-refractivity contribution in [2.75, 3.05) is 12.3 Å². The predicted molar refractivity (Wildman–Crippen MR) is 103 cm³/mol. The standard InChI is InChI=1S/C18H18N4O3S/c1-2-25-14-5-3-4-12(17(14)24)10-20-22-16(23)9-11-6-7-13-15(8-11)26-18(19)21-13/h3-8,10,24H,2,9H2,1H3,(H2,19,21)(H,22,23)/b20-10-. The number of phenolic OH excluding ortho intramolecular Hbond substituents is 1. The highest BCUT2D eigenvalue weighted by Gasteiger charge is 2.08. The van der Waals surface area contributed by atoms with Crippen molar-refractivity contribution in [1.29, 1.82) is 0 Å². The van der Waals surface area contributed by atoms with E-state index in [0.717, 1.165) is 15.8 Å². The van der Waals surface area contributed by atoms with Crippen molar-refractivity contribution in [3.05, 3.63) is 47.5 Å². The Morgan fingerprint density at radius 2 is 2.27 bits per heavy atom. The van der Waals surface area contributed by atoms with Gasteiger partial charge in [-0.2, -0.15) is 5.10 Å². The summed E-state index contributed by atoms with van der Waals surface area (Å²) < 4.78 is 6.25. The number of carbonyl (C=O) groups excluding carboxylic acids is 1. The van der Waals surface area contributed by atoms with Crippen molar-refractivity contribution < 1.29 is 14.6 Å². The number of nitrogen functional groups attached to an aromatic ring is 1. The van der Waals surface area contributed by atoms with E-state index in [0.29, 0.717) is 23.1 Å². The Kier molecular flexibility index (Phi) is 5.33. The topological polar surface area (TPSA) is 110 Å². The third kappa shape index (κ3) is 4.09. The lowest BCUT2D eigenvalue weighted by atomic mass is 10.1. The monoisotopic (exact) mass is 370 g/mol. The molecule has 26 heavy (non-hydrogen) atoms. The van der Waals surface area contributed by atoms with Crippen molar-refractivity contribution >= 4 is 38.8 Å². The second-order valence-electron chi connectivity index (χ2n) is 5.45.